The van der Waals surface area contributed by atoms with Crippen molar-refractivity contribution in [2.24, 2.45) is 0 Å². The van der Waals surface area contributed by atoms with Crippen molar-refractivity contribution in [1.29, 1.82) is 0 Å². The summed E-state index contributed by atoms with van der Waals surface area (Å²) in [4.78, 5) is 13.0. The van der Waals surface area contributed by atoms with E-state index in [1.54, 1.807) is 19.2 Å². The fraction of sp³-hybridized carbons (Fsp3) is 0.273. The number of nitro groups is 1. The molecule has 3 aromatic rings. The maximum Gasteiger partial charge on any atom is 0.269 e. The molecule has 6 nitrogen and oxygen atoms in total. The van der Waals surface area contributed by atoms with Crippen LogP contribution in [-0.4, -0.2) is 28.0 Å². The lowest BCUT2D eigenvalue weighted by Gasteiger charge is -2.31. The minimum absolute atomic E-state index is 0.0998. The van der Waals surface area contributed by atoms with E-state index >= 15 is 0 Å². The van der Waals surface area contributed by atoms with E-state index in [4.69, 9.17) is 4.74 Å². The number of non-ortho nitro benzene ring substituents is 1. The number of ether oxygens (including phenoxy) is 1. The van der Waals surface area contributed by atoms with E-state index < -0.39 is 0 Å². The molecular formula is C22H23N3O3. The molecule has 1 aliphatic rings. The number of aromatic nitrogens is 1. The molecule has 144 valence electrons. The van der Waals surface area contributed by atoms with Gasteiger partial charge in [-0.2, -0.15) is 0 Å². The van der Waals surface area contributed by atoms with E-state index in [1.807, 2.05) is 24.3 Å². The van der Waals surface area contributed by atoms with E-state index in [0.29, 0.717) is 0 Å². The lowest BCUT2D eigenvalue weighted by atomic mass is 10.0. The molecule has 0 saturated heterocycles. The standard InChI is InChI=1S/C22H23N3O3/c1-28-20-6-2-5-18(15-20)22-21-7-3-12-23(21)13-4-14-24(22)16-17-8-10-19(11-9-17)25(26)27/h2-3,5-12,15,22H,4,13-14,16H2,1H3/t22-/m0/s1. The Balaban J connectivity index is 1.70. The third-order valence-electron chi connectivity index (χ3n) is 5.30. The highest BCUT2D eigenvalue weighted by molar-refractivity contribution is 5.37. The Morgan fingerprint density at radius 1 is 1.11 bits per heavy atom. The Hall–Kier alpha value is -3.12. The van der Waals surface area contributed by atoms with Gasteiger partial charge in [0.2, 0.25) is 0 Å². The molecule has 0 N–H and O–H groups in total. The van der Waals surface area contributed by atoms with Gasteiger partial charge in [0.1, 0.15) is 5.75 Å². The van der Waals surface area contributed by atoms with Crippen LogP contribution in [0.25, 0.3) is 0 Å². The first-order chi connectivity index (χ1) is 13.7. The molecule has 6 heteroatoms. The molecule has 4 rings (SSSR count). The van der Waals surface area contributed by atoms with E-state index in [9.17, 15) is 10.1 Å². The van der Waals surface area contributed by atoms with Gasteiger partial charge < -0.3 is 9.30 Å². The van der Waals surface area contributed by atoms with Gasteiger partial charge in [-0.15, -0.1) is 0 Å². The van der Waals surface area contributed by atoms with Crippen molar-refractivity contribution in [2.75, 3.05) is 13.7 Å². The maximum absolute atomic E-state index is 10.9. The smallest absolute Gasteiger partial charge is 0.269 e. The van der Waals surface area contributed by atoms with Gasteiger partial charge in [0, 0.05) is 43.7 Å². The number of fused-ring (bicyclic) bond motifs is 1. The fourth-order valence-electron chi connectivity index (χ4n) is 3.96. The van der Waals surface area contributed by atoms with Gasteiger partial charge in [0.05, 0.1) is 18.1 Å². The largest absolute Gasteiger partial charge is 0.497 e. The molecule has 1 aromatic heterocycles. The van der Waals surface area contributed by atoms with Crippen LogP contribution >= 0.6 is 0 Å². The second-order valence-corrected chi connectivity index (χ2v) is 7.05. The summed E-state index contributed by atoms with van der Waals surface area (Å²) in [6.45, 7) is 2.66. The van der Waals surface area contributed by atoms with E-state index in [0.717, 1.165) is 37.4 Å². The van der Waals surface area contributed by atoms with E-state index in [2.05, 4.69) is 39.9 Å². The SMILES string of the molecule is COc1cccc([C@H]2c3cccn3CCCN2Cc2ccc([N+](=O)[O-])cc2)c1. The van der Waals surface area contributed by atoms with Gasteiger partial charge >= 0.3 is 0 Å². The predicted octanol–water partition coefficient (Wildman–Crippen LogP) is 4.40. The molecule has 0 saturated carbocycles. The minimum atomic E-state index is -0.359. The van der Waals surface area contributed by atoms with Gasteiger partial charge in [0.15, 0.2) is 0 Å². The summed E-state index contributed by atoms with van der Waals surface area (Å²) >= 11 is 0. The van der Waals surface area contributed by atoms with Gasteiger partial charge in [-0.3, -0.25) is 15.0 Å². The first-order valence-corrected chi connectivity index (χ1v) is 9.42. The normalized spacial score (nSPS) is 17.0. The topological polar surface area (TPSA) is 60.5 Å². The Bertz CT molecular complexity index is 965. The van der Waals surface area contributed by atoms with Crippen LogP contribution in [0.4, 0.5) is 5.69 Å². The van der Waals surface area contributed by atoms with Crippen molar-refractivity contribution in [3.63, 3.8) is 0 Å². The van der Waals surface area contributed by atoms with Crippen LogP contribution in [0.5, 0.6) is 5.75 Å². The van der Waals surface area contributed by atoms with Gasteiger partial charge in [-0.1, -0.05) is 24.3 Å². The fourth-order valence-corrected chi connectivity index (χ4v) is 3.96. The summed E-state index contributed by atoms with van der Waals surface area (Å²) in [5.41, 5.74) is 3.63. The summed E-state index contributed by atoms with van der Waals surface area (Å²) in [6, 6.07) is 19.5. The minimum Gasteiger partial charge on any atom is -0.497 e. The van der Waals surface area contributed by atoms with E-state index in [1.165, 1.54) is 11.3 Å². The molecule has 28 heavy (non-hydrogen) atoms. The number of benzene rings is 2. The zero-order valence-corrected chi connectivity index (χ0v) is 15.8. The Kier molecular flexibility index (Phi) is 5.12. The number of hydrogen-bond donors (Lipinski definition) is 0. The zero-order chi connectivity index (χ0) is 19.5. The molecule has 0 bridgehead atoms. The van der Waals surface area contributed by atoms with Gasteiger partial charge in [-0.25, -0.2) is 0 Å². The van der Waals surface area contributed by atoms with E-state index in [-0.39, 0.29) is 16.7 Å². The lowest BCUT2D eigenvalue weighted by Crippen LogP contribution is -2.29. The summed E-state index contributed by atoms with van der Waals surface area (Å²) in [7, 11) is 1.68. The number of nitro benzene ring substituents is 1. The Morgan fingerprint density at radius 3 is 2.68 bits per heavy atom. The molecular weight excluding hydrogens is 354 g/mol. The quantitative estimate of drug-likeness (QED) is 0.488. The van der Waals surface area contributed by atoms with Crippen LogP contribution < -0.4 is 4.74 Å². The molecule has 1 aliphatic heterocycles. The molecule has 0 fully saturated rings. The first-order valence-electron chi connectivity index (χ1n) is 9.42. The number of rotatable bonds is 5. The average Bonchev–Trinajstić information content (AvgIpc) is 3.10. The van der Waals surface area contributed by atoms with Gasteiger partial charge in [-0.05, 0) is 41.8 Å². The summed E-state index contributed by atoms with van der Waals surface area (Å²) < 4.78 is 7.77. The lowest BCUT2D eigenvalue weighted by molar-refractivity contribution is -0.384. The Labute approximate surface area is 164 Å². The highest BCUT2D eigenvalue weighted by Crippen LogP contribution is 2.34. The number of methoxy groups -OCH3 is 1. The van der Waals surface area contributed by atoms with Crippen molar-refractivity contribution in [3.05, 3.63) is 93.8 Å². The highest BCUT2D eigenvalue weighted by Gasteiger charge is 2.27. The van der Waals surface area contributed by atoms with Crippen LogP contribution in [0.15, 0.2) is 66.9 Å². The number of hydrogen-bond acceptors (Lipinski definition) is 4. The molecule has 2 aromatic carbocycles. The van der Waals surface area contributed by atoms with Crippen molar-refractivity contribution < 1.29 is 9.66 Å². The second kappa shape index (κ2) is 7.86. The maximum atomic E-state index is 10.9. The summed E-state index contributed by atoms with van der Waals surface area (Å²) in [6.07, 6.45) is 3.19. The van der Waals surface area contributed by atoms with Crippen LogP contribution in [-0.2, 0) is 13.1 Å². The molecule has 0 unspecified atom stereocenters. The van der Waals surface area contributed by atoms with Gasteiger partial charge in [0.25, 0.3) is 5.69 Å². The monoisotopic (exact) mass is 377 g/mol. The Morgan fingerprint density at radius 2 is 1.93 bits per heavy atom. The molecule has 0 amide bonds. The zero-order valence-electron chi connectivity index (χ0n) is 15.8. The van der Waals surface area contributed by atoms with Crippen molar-refractivity contribution in [3.8, 4) is 5.75 Å². The first kappa shape index (κ1) is 18.3. The number of aryl methyl sites for hydroxylation is 1. The molecule has 0 aliphatic carbocycles. The molecule has 1 atom stereocenters. The van der Waals surface area contributed by atoms with Crippen molar-refractivity contribution in [1.82, 2.24) is 9.47 Å². The van der Waals surface area contributed by atoms with Crippen LogP contribution in [0.3, 0.4) is 0 Å². The van der Waals surface area contributed by atoms with Crippen molar-refractivity contribution >= 4 is 5.69 Å². The van der Waals surface area contributed by atoms with Crippen LogP contribution in [0.2, 0.25) is 0 Å². The summed E-state index contributed by atoms with van der Waals surface area (Å²) in [5, 5.41) is 10.9. The molecule has 2 heterocycles. The molecule has 0 spiro atoms. The average molecular weight is 377 g/mol. The number of nitrogens with zero attached hydrogens (tertiary/aromatic N) is 3. The predicted molar refractivity (Wildman–Crippen MR) is 107 cm³/mol. The highest BCUT2D eigenvalue weighted by atomic mass is 16.6. The van der Waals surface area contributed by atoms with Crippen LogP contribution in [0.1, 0.15) is 29.3 Å². The molecule has 0 radical (unpaired) electrons. The van der Waals surface area contributed by atoms with Crippen LogP contribution in [0, 0.1) is 10.1 Å². The third-order valence-corrected chi connectivity index (χ3v) is 5.30. The van der Waals surface area contributed by atoms with Crippen molar-refractivity contribution in [2.45, 2.75) is 25.6 Å². The third kappa shape index (κ3) is 3.64. The summed E-state index contributed by atoms with van der Waals surface area (Å²) in [5.74, 6) is 0.843. The second-order valence-electron chi connectivity index (χ2n) is 7.05.